The van der Waals surface area contributed by atoms with Gasteiger partial charge in [0, 0.05) is 33.4 Å². The highest BCUT2D eigenvalue weighted by atomic mass is 32.2. The van der Waals surface area contributed by atoms with Crippen LogP contribution in [0.15, 0.2) is 0 Å². The van der Waals surface area contributed by atoms with Crippen LogP contribution >= 0.6 is 0 Å². The molecule has 0 spiro atoms. The smallest absolute Gasteiger partial charge is 0.200 e. The molecule has 0 aliphatic carbocycles. The molecule has 0 bridgehead atoms. The van der Waals surface area contributed by atoms with Gasteiger partial charge in [-0.3, -0.25) is 4.21 Å². The van der Waals surface area contributed by atoms with Crippen molar-refractivity contribution in [2.75, 3.05) is 11.5 Å². The quantitative estimate of drug-likeness (QED) is 0.366. The van der Waals surface area contributed by atoms with Crippen molar-refractivity contribution in [1.82, 2.24) is 0 Å². The SMILES string of the molecule is O=S(CCc1c(F)c(F)c(F)c(F)c1F)CCc1c(F)c(F)c(F)c(F)c1F. The Labute approximate surface area is 153 Å². The van der Waals surface area contributed by atoms with Crippen LogP contribution in [-0.2, 0) is 23.6 Å². The van der Waals surface area contributed by atoms with Gasteiger partial charge >= 0.3 is 0 Å². The van der Waals surface area contributed by atoms with Crippen LogP contribution in [0, 0.1) is 58.2 Å². The van der Waals surface area contributed by atoms with Gasteiger partial charge in [-0.25, -0.2) is 43.9 Å². The Morgan fingerprint density at radius 1 is 0.429 bits per heavy atom. The van der Waals surface area contributed by atoms with Gasteiger partial charge in [-0.2, -0.15) is 0 Å². The molecule has 2 aromatic carbocycles. The molecule has 0 heterocycles. The normalized spacial score (nSPS) is 11.5. The van der Waals surface area contributed by atoms with E-state index in [0.717, 1.165) is 0 Å². The topological polar surface area (TPSA) is 17.1 Å². The van der Waals surface area contributed by atoms with Crippen LogP contribution < -0.4 is 0 Å². The standard InChI is InChI=1S/C16H8F10OS/c17-7-5(8(18)12(22)15(25)11(7)21)1-3-28(27)4-2-6-9(19)13(23)16(26)14(24)10(6)20/h1-4H2. The van der Waals surface area contributed by atoms with E-state index in [-0.39, 0.29) is 0 Å². The molecule has 0 unspecified atom stereocenters. The molecular weight excluding hydrogens is 430 g/mol. The highest BCUT2D eigenvalue weighted by Gasteiger charge is 2.27. The summed E-state index contributed by atoms with van der Waals surface area (Å²) < 4.78 is 144. The lowest BCUT2D eigenvalue weighted by Gasteiger charge is -2.09. The first-order valence-electron chi connectivity index (χ1n) is 7.34. The second-order valence-corrected chi connectivity index (χ2v) is 7.14. The van der Waals surface area contributed by atoms with Crippen molar-refractivity contribution in [2.45, 2.75) is 12.8 Å². The molecule has 0 fully saturated rings. The summed E-state index contributed by atoms with van der Waals surface area (Å²) in [6, 6.07) is 0. The molecule has 0 aromatic heterocycles. The van der Waals surface area contributed by atoms with Crippen molar-refractivity contribution < 1.29 is 48.1 Å². The minimum Gasteiger partial charge on any atom is -0.260 e. The van der Waals surface area contributed by atoms with Crippen LogP contribution in [0.25, 0.3) is 0 Å². The summed E-state index contributed by atoms with van der Waals surface area (Å²) in [4.78, 5) is 0. The highest BCUT2D eigenvalue weighted by Crippen LogP contribution is 2.25. The molecule has 0 saturated heterocycles. The fourth-order valence-corrected chi connectivity index (χ4v) is 3.34. The molecule has 28 heavy (non-hydrogen) atoms. The Morgan fingerprint density at radius 3 is 0.893 bits per heavy atom. The maximum Gasteiger partial charge on any atom is 0.200 e. The van der Waals surface area contributed by atoms with Crippen molar-refractivity contribution in [3.63, 3.8) is 0 Å². The zero-order valence-corrected chi connectivity index (χ0v) is 14.2. The predicted molar refractivity (Wildman–Crippen MR) is 77.7 cm³/mol. The van der Waals surface area contributed by atoms with E-state index in [2.05, 4.69) is 0 Å². The largest absolute Gasteiger partial charge is 0.260 e. The fraction of sp³-hybridized carbons (Fsp3) is 0.250. The molecule has 0 aliphatic rings. The van der Waals surface area contributed by atoms with Crippen molar-refractivity contribution in [3.05, 3.63) is 69.3 Å². The van der Waals surface area contributed by atoms with Crippen LogP contribution in [0.3, 0.4) is 0 Å². The minimum absolute atomic E-state index is 0.687. The molecule has 0 saturated carbocycles. The van der Waals surface area contributed by atoms with Gasteiger partial charge in [0.25, 0.3) is 0 Å². The van der Waals surface area contributed by atoms with Crippen molar-refractivity contribution >= 4 is 10.8 Å². The number of hydrogen-bond acceptors (Lipinski definition) is 1. The number of rotatable bonds is 6. The van der Waals surface area contributed by atoms with Crippen LogP contribution in [-0.4, -0.2) is 15.7 Å². The van der Waals surface area contributed by atoms with E-state index in [9.17, 15) is 48.1 Å². The molecule has 0 aliphatic heterocycles. The molecule has 1 nitrogen and oxygen atoms in total. The maximum absolute atomic E-state index is 13.5. The van der Waals surface area contributed by atoms with Gasteiger partial charge in [-0.1, -0.05) is 0 Å². The lowest BCUT2D eigenvalue weighted by Crippen LogP contribution is -2.14. The summed E-state index contributed by atoms with van der Waals surface area (Å²) in [6.07, 6.45) is -1.76. The average Bonchev–Trinajstić information content (AvgIpc) is 2.67. The second-order valence-electron chi connectivity index (χ2n) is 5.45. The van der Waals surface area contributed by atoms with E-state index in [0.29, 0.717) is 0 Å². The fourth-order valence-electron chi connectivity index (χ4n) is 2.27. The van der Waals surface area contributed by atoms with Crippen molar-refractivity contribution in [2.24, 2.45) is 0 Å². The van der Waals surface area contributed by atoms with E-state index >= 15 is 0 Å². The highest BCUT2D eigenvalue weighted by molar-refractivity contribution is 7.84. The third-order valence-corrected chi connectivity index (χ3v) is 5.08. The molecule has 0 N–H and O–H groups in total. The van der Waals surface area contributed by atoms with Crippen molar-refractivity contribution in [3.8, 4) is 0 Å². The van der Waals surface area contributed by atoms with E-state index in [1.165, 1.54) is 0 Å². The zero-order valence-electron chi connectivity index (χ0n) is 13.4. The van der Waals surface area contributed by atoms with Crippen molar-refractivity contribution in [1.29, 1.82) is 0 Å². The van der Waals surface area contributed by atoms with Crippen LogP contribution in [0.4, 0.5) is 43.9 Å². The third-order valence-electron chi connectivity index (χ3n) is 3.76. The van der Waals surface area contributed by atoms with Gasteiger partial charge < -0.3 is 0 Å². The van der Waals surface area contributed by atoms with Gasteiger partial charge in [0.15, 0.2) is 46.5 Å². The zero-order chi connectivity index (χ0) is 21.3. The summed E-state index contributed by atoms with van der Waals surface area (Å²) >= 11 is 0. The molecule has 0 atom stereocenters. The van der Waals surface area contributed by atoms with Gasteiger partial charge in [-0.05, 0) is 12.8 Å². The monoisotopic (exact) mass is 438 g/mol. The lowest BCUT2D eigenvalue weighted by molar-refractivity contribution is 0.370. The van der Waals surface area contributed by atoms with Gasteiger partial charge in [0.2, 0.25) is 11.6 Å². The first-order valence-corrected chi connectivity index (χ1v) is 8.83. The van der Waals surface area contributed by atoms with Crippen LogP contribution in [0.2, 0.25) is 0 Å². The van der Waals surface area contributed by atoms with Crippen LogP contribution in [0.1, 0.15) is 11.1 Å². The lowest BCUT2D eigenvalue weighted by atomic mass is 10.1. The number of hydrogen-bond donors (Lipinski definition) is 0. The summed E-state index contributed by atoms with van der Waals surface area (Å²) in [7, 11) is -2.14. The Morgan fingerprint density at radius 2 is 0.643 bits per heavy atom. The van der Waals surface area contributed by atoms with Gasteiger partial charge in [0.05, 0.1) is 0 Å². The maximum atomic E-state index is 13.5. The Balaban J connectivity index is 2.12. The van der Waals surface area contributed by atoms with E-state index in [1.807, 2.05) is 0 Å². The molecule has 0 radical (unpaired) electrons. The van der Waals surface area contributed by atoms with E-state index in [4.69, 9.17) is 0 Å². The molecule has 2 rings (SSSR count). The molecule has 154 valence electrons. The predicted octanol–water partition coefficient (Wildman–Crippen LogP) is 4.61. The molecular formula is C16H8F10OS. The Kier molecular flexibility index (Phi) is 6.73. The molecule has 0 amide bonds. The number of benzene rings is 2. The molecule has 2 aromatic rings. The van der Waals surface area contributed by atoms with E-state index < -0.39 is 104 Å². The summed E-state index contributed by atoms with van der Waals surface area (Å²) in [5.74, 6) is -23.4. The Hall–Kier alpha value is -2.11. The second kappa shape index (κ2) is 8.50. The van der Waals surface area contributed by atoms with Gasteiger partial charge in [0.1, 0.15) is 0 Å². The first-order chi connectivity index (χ1) is 13.0. The van der Waals surface area contributed by atoms with Crippen LogP contribution in [0.5, 0.6) is 0 Å². The Bertz CT molecular complexity index is 826. The average molecular weight is 438 g/mol. The molecule has 12 heteroatoms. The minimum atomic E-state index is -2.37. The summed E-state index contributed by atoms with van der Waals surface area (Å²) in [5.41, 5.74) is -2.47. The number of halogens is 10. The van der Waals surface area contributed by atoms with Gasteiger partial charge in [-0.15, -0.1) is 0 Å². The summed E-state index contributed by atoms with van der Waals surface area (Å²) in [5, 5.41) is 0. The third kappa shape index (κ3) is 4.01. The first kappa shape index (κ1) is 22.2. The van der Waals surface area contributed by atoms with E-state index in [1.54, 1.807) is 0 Å². The summed E-state index contributed by atoms with van der Waals surface area (Å²) in [6.45, 7) is 0.